The van der Waals surface area contributed by atoms with Crippen molar-refractivity contribution in [1.29, 1.82) is 0 Å². The third-order valence-corrected chi connectivity index (χ3v) is 3.30. The number of halogens is 3. The van der Waals surface area contributed by atoms with Crippen molar-refractivity contribution in [2.24, 2.45) is 0 Å². The molecule has 0 aliphatic heterocycles. The smallest absolute Gasteiger partial charge is 0.0721 e. The predicted molar refractivity (Wildman–Crippen MR) is 70.6 cm³/mol. The fourth-order valence-corrected chi connectivity index (χ4v) is 2.16. The van der Waals surface area contributed by atoms with Gasteiger partial charge in [0.05, 0.1) is 22.3 Å². The summed E-state index contributed by atoms with van der Waals surface area (Å²) in [6, 6.07) is 6.74. The van der Waals surface area contributed by atoms with Gasteiger partial charge in [0, 0.05) is 16.8 Å². The van der Waals surface area contributed by atoms with Gasteiger partial charge in [-0.15, -0.1) is 0 Å². The van der Waals surface area contributed by atoms with Crippen LogP contribution in [0.1, 0.15) is 5.56 Å². The van der Waals surface area contributed by atoms with Crippen LogP contribution < -0.4 is 0 Å². The largest absolute Gasteiger partial charge is 0.392 e. The van der Waals surface area contributed by atoms with Crippen LogP contribution in [0.4, 0.5) is 0 Å². The minimum absolute atomic E-state index is 0.0541. The molecule has 1 N–H and O–H groups in total. The fraction of sp³-hybridized carbons (Fsp3) is 0.0833. The zero-order chi connectivity index (χ0) is 12.4. The first-order chi connectivity index (χ1) is 8.11. The molecule has 0 saturated heterocycles. The van der Waals surface area contributed by atoms with Crippen LogP contribution in [0.5, 0.6) is 0 Å². The molecular weight excluding hydrogens is 280 g/mol. The third kappa shape index (κ3) is 2.72. The molecule has 5 heteroatoms. The summed E-state index contributed by atoms with van der Waals surface area (Å²) in [6.45, 7) is -0.0541. The van der Waals surface area contributed by atoms with E-state index in [-0.39, 0.29) is 6.61 Å². The molecule has 1 aromatic heterocycles. The van der Waals surface area contributed by atoms with Gasteiger partial charge >= 0.3 is 0 Å². The molecule has 2 rings (SSSR count). The lowest BCUT2D eigenvalue weighted by atomic mass is 10.1. The lowest BCUT2D eigenvalue weighted by Gasteiger charge is -2.07. The molecule has 17 heavy (non-hydrogen) atoms. The first-order valence-electron chi connectivity index (χ1n) is 4.82. The number of aliphatic hydroxyl groups excluding tert-OH is 1. The summed E-state index contributed by atoms with van der Waals surface area (Å²) >= 11 is 18.0. The molecule has 2 aromatic rings. The highest BCUT2D eigenvalue weighted by atomic mass is 35.5. The van der Waals surface area contributed by atoms with Crippen LogP contribution in [0.15, 0.2) is 30.5 Å². The van der Waals surface area contributed by atoms with E-state index >= 15 is 0 Å². The number of hydrogen-bond acceptors (Lipinski definition) is 2. The van der Waals surface area contributed by atoms with Crippen molar-refractivity contribution in [2.75, 3.05) is 0 Å². The number of rotatable bonds is 2. The lowest BCUT2D eigenvalue weighted by molar-refractivity contribution is 0.282. The predicted octanol–water partition coefficient (Wildman–Crippen LogP) is 4.20. The van der Waals surface area contributed by atoms with E-state index < -0.39 is 0 Å². The van der Waals surface area contributed by atoms with Crippen molar-refractivity contribution < 1.29 is 5.11 Å². The van der Waals surface area contributed by atoms with Crippen molar-refractivity contribution in [3.05, 3.63) is 51.1 Å². The number of nitrogens with zero attached hydrogens (tertiary/aromatic N) is 1. The van der Waals surface area contributed by atoms with Gasteiger partial charge in [0.2, 0.25) is 0 Å². The van der Waals surface area contributed by atoms with E-state index in [4.69, 9.17) is 39.9 Å². The molecule has 1 aromatic carbocycles. The molecular formula is C12H8Cl3NO. The topological polar surface area (TPSA) is 33.1 Å². The van der Waals surface area contributed by atoms with Crippen LogP contribution in [0.3, 0.4) is 0 Å². The quantitative estimate of drug-likeness (QED) is 0.840. The Bertz CT molecular complexity index is 557. The molecule has 88 valence electrons. The van der Waals surface area contributed by atoms with E-state index in [0.29, 0.717) is 26.3 Å². The normalized spacial score (nSPS) is 10.6. The lowest BCUT2D eigenvalue weighted by Crippen LogP contribution is -1.89. The monoisotopic (exact) mass is 287 g/mol. The second kappa shape index (κ2) is 5.23. The first-order valence-corrected chi connectivity index (χ1v) is 5.96. The van der Waals surface area contributed by atoms with Crippen molar-refractivity contribution in [3.8, 4) is 11.3 Å². The molecule has 0 aliphatic rings. The Kier molecular flexibility index (Phi) is 3.89. The van der Waals surface area contributed by atoms with Gasteiger partial charge in [0.15, 0.2) is 0 Å². The molecule has 0 radical (unpaired) electrons. The third-order valence-electron chi connectivity index (χ3n) is 2.28. The summed E-state index contributed by atoms with van der Waals surface area (Å²) in [5.74, 6) is 0. The SMILES string of the molecule is OCc1ccnc(-c2cc(Cl)cc(Cl)c2Cl)c1. The number of pyridine rings is 1. The summed E-state index contributed by atoms with van der Waals surface area (Å²) in [5, 5.41) is 10.3. The second-order valence-corrected chi connectivity index (χ2v) is 4.68. The summed E-state index contributed by atoms with van der Waals surface area (Å²) in [6.07, 6.45) is 1.60. The van der Waals surface area contributed by atoms with Crippen LogP contribution in [0.2, 0.25) is 15.1 Å². The van der Waals surface area contributed by atoms with Gasteiger partial charge in [-0.2, -0.15) is 0 Å². The maximum Gasteiger partial charge on any atom is 0.0721 e. The Morgan fingerprint density at radius 2 is 1.88 bits per heavy atom. The molecule has 0 aliphatic carbocycles. The van der Waals surface area contributed by atoms with E-state index in [1.54, 1.807) is 30.5 Å². The number of benzene rings is 1. The molecule has 0 spiro atoms. The highest BCUT2D eigenvalue weighted by Crippen LogP contribution is 2.35. The number of hydrogen-bond donors (Lipinski definition) is 1. The van der Waals surface area contributed by atoms with Crippen LogP contribution in [0, 0.1) is 0 Å². The zero-order valence-corrected chi connectivity index (χ0v) is 10.9. The Labute approximate surface area is 114 Å². The van der Waals surface area contributed by atoms with Crippen LogP contribution in [-0.2, 0) is 6.61 Å². The van der Waals surface area contributed by atoms with E-state index in [2.05, 4.69) is 4.98 Å². The Hall–Kier alpha value is -0.800. The standard InChI is InChI=1S/C12H8Cl3NO/c13-8-4-9(12(15)10(14)5-8)11-3-7(6-17)1-2-16-11/h1-5,17H,6H2. The molecule has 0 amide bonds. The van der Waals surface area contributed by atoms with Crippen molar-refractivity contribution >= 4 is 34.8 Å². The van der Waals surface area contributed by atoms with Crippen LogP contribution >= 0.6 is 34.8 Å². The van der Waals surface area contributed by atoms with Crippen LogP contribution in [0.25, 0.3) is 11.3 Å². The summed E-state index contributed by atoms with van der Waals surface area (Å²) in [7, 11) is 0. The Morgan fingerprint density at radius 1 is 1.12 bits per heavy atom. The van der Waals surface area contributed by atoms with E-state index in [1.807, 2.05) is 0 Å². The number of aromatic nitrogens is 1. The average molecular weight is 289 g/mol. The van der Waals surface area contributed by atoms with Gasteiger partial charge in [0.1, 0.15) is 0 Å². The van der Waals surface area contributed by atoms with Crippen LogP contribution in [-0.4, -0.2) is 10.1 Å². The van der Waals surface area contributed by atoms with Gasteiger partial charge in [0.25, 0.3) is 0 Å². The van der Waals surface area contributed by atoms with Gasteiger partial charge < -0.3 is 5.11 Å². The van der Waals surface area contributed by atoms with Gasteiger partial charge in [-0.25, -0.2) is 0 Å². The molecule has 0 saturated carbocycles. The summed E-state index contributed by atoms with van der Waals surface area (Å²) < 4.78 is 0. The van der Waals surface area contributed by atoms with E-state index in [1.165, 1.54) is 0 Å². The van der Waals surface area contributed by atoms with E-state index in [9.17, 15) is 0 Å². The summed E-state index contributed by atoms with van der Waals surface area (Å²) in [5.41, 5.74) is 2.03. The highest BCUT2D eigenvalue weighted by molar-refractivity contribution is 6.45. The number of aliphatic hydroxyl groups is 1. The summed E-state index contributed by atoms with van der Waals surface area (Å²) in [4.78, 5) is 4.19. The molecule has 2 nitrogen and oxygen atoms in total. The minimum Gasteiger partial charge on any atom is -0.392 e. The average Bonchev–Trinajstić information content (AvgIpc) is 2.34. The molecule has 1 heterocycles. The Balaban J connectivity index is 2.59. The maximum atomic E-state index is 9.07. The Morgan fingerprint density at radius 3 is 2.59 bits per heavy atom. The molecule has 0 bridgehead atoms. The van der Waals surface area contributed by atoms with Gasteiger partial charge in [-0.1, -0.05) is 34.8 Å². The molecule has 0 unspecified atom stereocenters. The minimum atomic E-state index is -0.0541. The van der Waals surface area contributed by atoms with Crippen molar-refractivity contribution in [1.82, 2.24) is 4.98 Å². The van der Waals surface area contributed by atoms with E-state index in [0.717, 1.165) is 5.56 Å². The molecule has 0 atom stereocenters. The van der Waals surface area contributed by atoms with Gasteiger partial charge in [-0.3, -0.25) is 4.98 Å². The first kappa shape index (κ1) is 12.7. The molecule has 0 fully saturated rings. The second-order valence-electron chi connectivity index (χ2n) is 3.46. The van der Waals surface area contributed by atoms with Gasteiger partial charge in [-0.05, 0) is 29.8 Å². The highest BCUT2D eigenvalue weighted by Gasteiger charge is 2.10. The van der Waals surface area contributed by atoms with Crippen molar-refractivity contribution in [3.63, 3.8) is 0 Å². The maximum absolute atomic E-state index is 9.07. The van der Waals surface area contributed by atoms with Crippen molar-refractivity contribution in [2.45, 2.75) is 6.61 Å². The fourth-order valence-electron chi connectivity index (χ4n) is 1.46. The zero-order valence-electron chi connectivity index (χ0n) is 8.62.